The van der Waals surface area contributed by atoms with E-state index in [2.05, 4.69) is 15.9 Å². The van der Waals surface area contributed by atoms with E-state index in [1.807, 2.05) is 4.90 Å². The maximum absolute atomic E-state index is 12.6. The first-order chi connectivity index (χ1) is 13.4. The molecule has 1 saturated carbocycles. The molecule has 0 unspecified atom stereocenters. The van der Waals surface area contributed by atoms with Crippen LogP contribution in [-0.4, -0.2) is 48.8 Å². The van der Waals surface area contributed by atoms with Crippen molar-refractivity contribution in [2.24, 2.45) is 0 Å². The second kappa shape index (κ2) is 8.26. The Bertz CT molecular complexity index is 824. The highest BCUT2D eigenvalue weighted by atomic mass is 79.9. The topological polar surface area (TPSA) is 85.3 Å². The summed E-state index contributed by atoms with van der Waals surface area (Å²) in [4.78, 5) is 27.0. The van der Waals surface area contributed by atoms with E-state index >= 15 is 0 Å². The van der Waals surface area contributed by atoms with Crippen molar-refractivity contribution >= 4 is 27.9 Å². The van der Waals surface area contributed by atoms with Crippen LogP contribution < -0.4 is 4.74 Å². The lowest BCUT2D eigenvalue weighted by Gasteiger charge is -2.30. The molecule has 7 nitrogen and oxygen atoms in total. The molecule has 0 atom stereocenters. The van der Waals surface area contributed by atoms with Gasteiger partial charge in [-0.25, -0.2) is 9.59 Å². The Hall–Kier alpha value is -2.48. The third-order valence-corrected chi connectivity index (χ3v) is 5.30. The number of hydrogen-bond donors (Lipinski definition) is 1. The molecule has 0 radical (unpaired) electrons. The SMILES string of the molecule is CCOc1cc(C2C(C(=O)OC)=CN(C3CC3)C=C2C(=O)OC)cc(Br)c1O. The van der Waals surface area contributed by atoms with Crippen LogP contribution in [0.4, 0.5) is 0 Å². The summed E-state index contributed by atoms with van der Waals surface area (Å²) in [6.07, 6.45) is 5.42. The first-order valence-corrected chi connectivity index (χ1v) is 9.73. The number of ether oxygens (including phenoxy) is 3. The highest BCUT2D eigenvalue weighted by molar-refractivity contribution is 9.10. The first-order valence-electron chi connectivity index (χ1n) is 8.93. The fraction of sp³-hybridized carbons (Fsp3) is 0.400. The van der Waals surface area contributed by atoms with Crippen LogP contribution in [0.15, 0.2) is 40.2 Å². The van der Waals surface area contributed by atoms with Crippen LogP contribution in [-0.2, 0) is 19.1 Å². The summed E-state index contributed by atoms with van der Waals surface area (Å²) in [6.45, 7) is 2.15. The van der Waals surface area contributed by atoms with Crippen LogP contribution in [0.5, 0.6) is 11.5 Å². The standard InChI is InChI=1S/C20H22BrNO6/c1-4-28-16-8-11(7-15(21)18(16)23)17-13(19(24)26-2)9-22(12-5-6-12)10-14(17)20(25)27-3/h7-10,12,17,23H,4-6H2,1-3H3. The molecule has 3 rings (SSSR count). The molecule has 1 aromatic carbocycles. The molecular weight excluding hydrogens is 430 g/mol. The van der Waals surface area contributed by atoms with Crippen LogP contribution >= 0.6 is 15.9 Å². The number of phenolic OH excluding ortho intramolecular Hbond substituents is 1. The minimum Gasteiger partial charge on any atom is -0.503 e. The number of methoxy groups -OCH3 is 2. The number of phenols is 1. The second-order valence-corrected chi connectivity index (χ2v) is 7.40. The maximum atomic E-state index is 12.6. The average molecular weight is 452 g/mol. The van der Waals surface area contributed by atoms with Crippen LogP contribution in [0.1, 0.15) is 31.2 Å². The predicted octanol–water partition coefficient (Wildman–Crippen LogP) is 3.23. The molecule has 0 aromatic heterocycles. The zero-order valence-electron chi connectivity index (χ0n) is 15.9. The number of carbonyl (C=O) groups excluding carboxylic acids is 2. The van der Waals surface area contributed by atoms with Crippen LogP contribution in [0.3, 0.4) is 0 Å². The smallest absolute Gasteiger partial charge is 0.336 e. The Morgan fingerprint density at radius 3 is 2.18 bits per heavy atom. The molecule has 28 heavy (non-hydrogen) atoms. The summed E-state index contributed by atoms with van der Waals surface area (Å²) in [6, 6.07) is 3.53. The number of benzene rings is 1. The molecule has 1 aliphatic heterocycles. The molecule has 0 spiro atoms. The Balaban J connectivity index is 2.16. The Morgan fingerprint density at radius 2 is 1.71 bits per heavy atom. The fourth-order valence-corrected chi connectivity index (χ4v) is 3.68. The minimum atomic E-state index is -0.717. The zero-order valence-corrected chi connectivity index (χ0v) is 17.5. The highest BCUT2D eigenvalue weighted by Crippen LogP contribution is 2.44. The van der Waals surface area contributed by atoms with E-state index in [4.69, 9.17) is 14.2 Å². The molecule has 8 heteroatoms. The lowest BCUT2D eigenvalue weighted by atomic mass is 9.83. The molecule has 0 bridgehead atoms. The number of aromatic hydroxyl groups is 1. The molecule has 1 fully saturated rings. The number of nitrogens with zero attached hydrogens (tertiary/aromatic N) is 1. The maximum Gasteiger partial charge on any atom is 0.336 e. The van der Waals surface area contributed by atoms with Crippen molar-refractivity contribution in [1.29, 1.82) is 0 Å². The molecule has 1 heterocycles. The summed E-state index contributed by atoms with van der Waals surface area (Å²) in [5.41, 5.74) is 1.23. The van der Waals surface area contributed by atoms with Crippen molar-refractivity contribution in [3.63, 3.8) is 0 Å². The second-order valence-electron chi connectivity index (χ2n) is 6.55. The first kappa shape index (κ1) is 20.3. The summed E-state index contributed by atoms with van der Waals surface area (Å²) in [5, 5.41) is 10.2. The molecule has 1 aromatic rings. The lowest BCUT2D eigenvalue weighted by Crippen LogP contribution is -2.29. The highest BCUT2D eigenvalue weighted by Gasteiger charge is 2.39. The third-order valence-electron chi connectivity index (χ3n) is 4.69. The molecule has 0 amide bonds. The lowest BCUT2D eigenvalue weighted by molar-refractivity contribution is -0.137. The van der Waals surface area contributed by atoms with Crippen LogP contribution in [0, 0.1) is 0 Å². The van der Waals surface area contributed by atoms with Crippen molar-refractivity contribution in [3.05, 3.63) is 45.7 Å². The number of hydrogen-bond acceptors (Lipinski definition) is 7. The summed E-state index contributed by atoms with van der Waals surface area (Å²) < 4.78 is 15.9. The number of esters is 2. The van der Waals surface area contributed by atoms with Crippen LogP contribution in [0.25, 0.3) is 0 Å². The average Bonchev–Trinajstić information content (AvgIpc) is 3.54. The van der Waals surface area contributed by atoms with E-state index in [-0.39, 0.29) is 17.5 Å². The van der Waals surface area contributed by atoms with Gasteiger partial charge in [0.1, 0.15) is 0 Å². The summed E-state index contributed by atoms with van der Waals surface area (Å²) in [5.74, 6) is -1.58. The van der Waals surface area contributed by atoms with Gasteiger partial charge >= 0.3 is 11.9 Å². The molecule has 0 saturated heterocycles. The normalized spacial score (nSPS) is 16.9. The van der Waals surface area contributed by atoms with Gasteiger partial charge in [0.15, 0.2) is 11.5 Å². The minimum absolute atomic E-state index is 0.0480. The number of rotatable bonds is 6. The molecule has 1 N–H and O–H groups in total. The van der Waals surface area contributed by atoms with E-state index in [1.165, 1.54) is 14.2 Å². The molecule has 1 aliphatic carbocycles. The summed E-state index contributed by atoms with van der Waals surface area (Å²) in [7, 11) is 2.60. The van der Waals surface area contributed by atoms with Crippen molar-refractivity contribution in [2.75, 3.05) is 20.8 Å². The third kappa shape index (κ3) is 3.87. The van der Waals surface area contributed by atoms with Gasteiger partial charge in [-0.3, -0.25) is 0 Å². The van der Waals surface area contributed by atoms with E-state index in [9.17, 15) is 14.7 Å². The van der Waals surface area contributed by atoms with E-state index in [0.717, 1.165) is 12.8 Å². The Morgan fingerprint density at radius 1 is 1.14 bits per heavy atom. The van der Waals surface area contributed by atoms with Gasteiger partial charge in [-0.1, -0.05) is 0 Å². The van der Waals surface area contributed by atoms with Gasteiger partial charge in [-0.15, -0.1) is 0 Å². The van der Waals surface area contributed by atoms with E-state index in [0.29, 0.717) is 27.8 Å². The Kier molecular flexibility index (Phi) is 5.98. The molecule has 2 aliphatic rings. The summed E-state index contributed by atoms with van der Waals surface area (Å²) >= 11 is 3.32. The van der Waals surface area contributed by atoms with Gasteiger partial charge in [-0.2, -0.15) is 0 Å². The van der Waals surface area contributed by atoms with Crippen molar-refractivity contribution in [1.82, 2.24) is 4.90 Å². The number of carbonyl (C=O) groups is 2. The quantitative estimate of drug-likeness (QED) is 0.664. The number of halogens is 1. The van der Waals surface area contributed by atoms with Gasteiger partial charge in [-0.05, 0) is 53.4 Å². The van der Waals surface area contributed by atoms with Crippen molar-refractivity contribution < 1.29 is 28.9 Å². The van der Waals surface area contributed by atoms with Gasteiger partial charge < -0.3 is 24.2 Å². The zero-order chi connectivity index (χ0) is 20.4. The van der Waals surface area contributed by atoms with Gasteiger partial charge in [0.05, 0.1) is 42.4 Å². The van der Waals surface area contributed by atoms with Gasteiger partial charge in [0.25, 0.3) is 0 Å². The predicted molar refractivity (Wildman–Crippen MR) is 105 cm³/mol. The fourth-order valence-electron chi connectivity index (χ4n) is 3.22. The van der Waals surface area contributed by atoms with Crippen LogP contribution in [0.2, 0.25) is 0 Å². The molecule has 150 valence electrons. The monoisotopic (exact) mass is 451 g/mol. The molecular formula is C20H22BrNO6. The Labute approximate surface area is 171 Å². The van der Waals surface area contributed by atoms with Gasteiger partial charge in [0, 0.05) is 18.4 Å². The van der Waals surface area contributed by atoms with Crippen molar-refractivity contribution in [3.8, 4) is 11.5 Å². The van der Waals surface area contributed by atoms with E-state index in [1.54, 1.807) is 31.5 Å². The van der Waals surface area contributed by atoms with E-state index < -0.39 is 17.9 Å². The largest absolute Gasteiger partial charge is 0.503 e. The van der Waals surface area contributed by atoms with Gasteiger partial charge in [0.2, 0.25) is 0 Å². The van der Waals surface area contributed by atoms with Crippen molar-refractivity contribution in [2.45, 2.75) is 31.7 Å².